The highest BCUT2D eigenvalue weighted by molar-refractivity contribution is 5.94. The van der Waals surface area contributed by atoms with E-state index < -0.39 is 17.7 Å². The monoisotopic (exact) mass is 445 g/mol. The fourth-order valence-corrected chi connectivity index (χ4v) is 5.74. The molecular weight excluding hydrogens is 406 g/mol. The number of esters is 1. The lowest BCUT2D eigenvalue weighted by molar-refractivity contribution is -0.172. The molecule has 32 heavy (non-hydrogen) atoms. The Morgan fingerprint density at radius 1 is 1.25 bits per heavy atom. The normalized spacial score (nSPS) is 41.0. The van der Waals surface area contributed by atoms with Crippen LogP contribution in [-0.2, 0) is 14.3 Å². The van der Waals surface area contributed by atoms with Gasteiger partial charge >= 0.3 is 5.97 Å². The Morgan fingerprint density at radius 2 is 1.97 bits per heavy atom. The van der Waals surface area contributed by atoms with Crippen LogP contribution in [-0.4, -0.2) is 46.4 Å². The first-order chi connectivity index (χ1) is 15.1. The molecule has 2 aliphatic heterocycles. The van der Waals surface area contributed by atoms with Crippen molar-refractivity contribution in [2.45, 2.75) is 78.0 Å². The second kappa shape index (κ2) is 9.92. The molecule has 1 saturated heterocycles. The van der Waals surface area contributed by atoms with Crippen LogP contribution in [0.1, 0.15) is 60.3 Å². The molecular formula is C26H39NO5. The minimum Gasteiger partial charge on any atom is -0.444 e. The number of aliphatic hydroxyl groups is 2. The predicted octanol–water partition coefficient (Wildman–Crippen LogP) is 3.30. The Hall–Kier alpha value is -1.92. The summed E-state index contributed by atoms with van der Waals surface area (Å²) in [4.78, 5) is 26.5. The number of hydrogen-bond donors (Lipinski definition) is 3. The molecule has 3 N–H and O–H groups in total. The Bertz CT molecular complexity index is 813. The maximum atomic E-state index is 13.6. The summed E-state index contributed by atoms with van der Waals surface area (Å²) in [5, 5.41) is 23.2. The van der Waals surface area contributed by atoms with Gasteiger partial charge < -0.3 is 20.3 Å². The Labute approximate surface area is 191 Å². The van der Waals surface area contributed by atoms with Gasteiger partial charge in [-0.1, -0.05) is 44.1 Å². The third-order valence-electron chi connectivity index (χ3n) is 7.49. The number of allylic oxidation sites excluding steroid dienone is 2. The van der Waals surface area contributed by atoms with E-state index in [1.807, 2.05) is 6.92 Å². The minimum atomic E-state index is -1.31. The smallest absolute Gasteiger partial charge is 0.331 e. The lowest BCUT2D eigenvalue weighted by atomic mass is 9.63. The van der Waals surface area contributed by atoms with E-state index in [1.54, 1.807) is 0 Å². The van der Waals surface area contributed by atoms with Crippen LogP contribution in [0.4, 0.5) is 0 Å². The van der Waals surface area contributed by atoms with Gasteiger partial charge in [-0.15, -0.1) is 0 Å². The third-order valence-corrected chi connectivity index (χ3v) is 7.49. The zero-order valence-electron chi connectivity index (χ0n) is 20.0. The molecule has 3 rings (SSSR count). The molecule has 1 amide bonds. The number of aliphatic hydroxyl groups excluding tert-OH is 2. The lowest BCUT2D eigenvalue weighted by Gasteiger charge is -2.44. The van der Waals surface area contributed by atoms with Gasteiger partial charge in [0.1, 0.15) is 0 Å². The quantitative estimate of drug-likeness (QED) is 0.458. The van der Waals surface area contributed by atoms with Crippen molar-refractivity contribution < 1.29 is 24.5 Å². The molecule has 0 bridgehead atoms. The Kier molecular flexibility index (Phi) is 7.66. The number of rotatable bonds is 3. The van der Waals surface area contributed by atoms with E-state index in [1.165, 1.54) is 17.7 Å². The first-order valence-corrected chi connectivity index (χ1v) is 11.9. The molecule has 6 heteroatoms. The molecule has 0 aromatic rings. The highest BCUT2D eigenvalue weighted by Crippen LogP contribution is 2.51. The van der Waals surface area contributed by atoms with E-state index in [-0.39, 0.29) is 42.2 Å². The van der Waals surface area contributed by atoms with Crippen LogP contribution in [0.15, 0.2) is 35.5 Å². The van der Waals surface area contributed by atoms with Crippen molar-refractivity contribution in [2.24, 2.45) is 29.6 Å². The number of ether oxygens (including phenoxy) is 1. The summed E-state index contributed by atoms with van der Waals surface area (Å²) in [6.45, 7) is 10.5. The van der Waals surface area contributed by atoms with Crippen molar-refractivity contribution >= 4 is 11.9 Å². The number of amides is 1. The summed E-state index contributed by atoms with van der Waals surface area (Å²) >= 11 is 0. The van der Waals surface area contributed by atoms with Crippen LogP contribution < -0.4 is 5.32 Å². The van der Waals surface area contributed by atoms with Gasteiger partial charge in [0, 0.05) is 30.6 Å². The van der Waals surface area contributed by atoms with Crippen molar-refractivity contribution in [3.05, 3.63) is 35.5 Å². The molecule has 7 atom stereocenters. The predicted molar refractivity (Wildman–Crippen MR) is 123 cm³/mol. The zero-order chi connectivity index (χ0) is 23.6. The Morgan fingerprint density at radius 3 is 2.62 bits per heavy atom. The van der Waals surface area contributed by atoms with Gasteiger partial charge in [-0.25, -0.2) is 4.79 Å². The summed E-state index contributed by atoms with van der Waals surface area (Å²) in [6, 6.07) is -0.0748. The highest BCUT2D eigenvalue weighted by atomic mass is 16.6. The number of nitrogens with one attached hydrogen (secondary N) is 1. The molecule has 1 aliphatic carbocycles. The van der Waals surface area contributed by atoms with E-state index in [9.17, 15) is 19.8 Å². The van der Waals surface area contributed by atoms with Gasteiger partial charge in [-0.2, -0.15) is 0 Å². The lowest BCUT2D eigenvalue weighted by Crippen LogP contribution is -2.56. The second-order valence-electron chi connectivity index (χ2n) is 10.4. The van der Waals surface area contributed by atoms with E-state index in [2.05, 4.69) is 45.2 Å². The zero-order valence-corrected chi connectivity index (χ0v) is 20.0. The van der Waals surface area contributed by atoms with Crippen LogP contribution in [0.25, 0.3) is 0 Å². The van der Waals surface area contributed by atoms with E-state index in [0.717, 1.165) is 24.8 Å². The van der Waals surface area contributed by atoms with Crippen molar-refractivity contribution in [1.29, 1.82) is 0 Å². The molecule has 0 saturated carbocycles. The molecule has 1 fully saturated rings. The van der Waals surface area contributed by atoms with E-state index in [0.29, 0.717) is 12.3 Å². The summed E-state index contributed by atoms with van der Waals surface area (Å²) in [6.07, 6.45) is 8.59. The molecule has 0 aromatic carbocycles. The molecule has 0 aromatic heterocycles. The summed E-state index contributed by atoms with van der Waals surface area (Å²) in [5.41, 5.74) is 0.976. The standard InChI is InChI=1S/C26H39NO5/c1-15(2)10-22-24-18(5)17(4)12-20-11-16(3)6-7-19(14-28)13-21(29)8-9-23(30)32-26(20,24)25(31)27-22/h8-9,11-12,15,18-22,24,28-29H,6-7,10,13-14H2,1-5H3,(H,27,31)/b9-8+,16-11+/t18-,19+,20+,21-,22+,24?,26-/m1/s1. The average molecular weight is 446 g/mol. The summed E-state index contributed by atoms with van der Waals surface area (Å²) in [7, 11) is 0. The van der Waals surface area contributed by atoms with Crippen LogP contribution >= 0.6 is 0 Å². The largest absolute Gasteiger partial charge is 0.444 e. The number of carbonyl (C=O) groups excluding carboxylic acids is 2. The number of hydrogen-bond acceptors (Lipinski definition) is 5. The van der Waals surface area contributed by atoms with Gasteiger partial charge in [-0.3, -0.25) is 4.79 Å². The van der Waals surface area contributed by atoms with E-state index >= 15 is 0 Å². The SMILES string of the molecule is CC1=C[C@@H]2/C=C(\C)CC[C@H](CO)C[C@H](O)/C=C/C(=O)O[C@]23C(=O)N[C@@H](CC(C)C)C3[C@@H]1C. The molecule has 6 nitrogen and oxygen atoms in total. The number of carbonyl (C=O) groups is 2. The van der Waals surface area contributed by atoms with Crippen LogP contribution in [0.3, 0.4) is 0 Å². The molecule has 1 unspecified atom stereocenters. The molecule has 1 spiro atoms. The molecule has 3 aliphatic rings. The summed E-state index contributed by atoms with van der Waals surface area (Å²) < 4.78 is 6.08. The fourth-order valence-electron chi connectivity index (χ4n) is 5.74. The van der Waals surface area contributed by atoms with Crippen molar-refractivity contribution in [2.75, 3.05) is 6.61 Å². The van der Waals surface area contributed by atoms with Gasteiger partial charge in [-0.05, 0) is 63.4 Å². The van der Waals surface area contributed by atoms with Crippen LogP contribution in [0, 0.1) is 29.6 Å². The third kappa shape index (κ3) is 4.86. The van der Waals surface area contributed by atoms with Crippen LogP contribution in [0.5, 0.6) is 0 Å². The average Bonchev–Trinajstić information content (AvgIpc) is 2.98. The van der Waals surface area contributed by atoms with Gasteiger partial charge in [0.25, 0.3) is 5.91 Å². The maximum absolute atomic E-state index is 13.6. The van der Waals surface area contributed by atoms with Gasteiger partial charge in [0.05, 0.1) is 6.10 Å². The van der Waals surface area contributed by atoms with Crippen molar-refractivity contribution in [3.63, 3.8) is 0 Å². The Balaban J connectivity index is 2.11. The molecule has 0 radical (unpaired) electrons. The van der Waals surface area contributed by atoms with Crippen molar-refractivity contribution in [3.8, 4) is 0 Å². The van der Waals surface area contributed by atoms with Gasteiger partial charge in [0.15, 0.2) is 0 Å². The first kappa shape index (κ1) is 24.7. The summed E-state index contributed by atoms with van der Waals surface area (Å²) in [5.74, 6) is -0.982. The maximum Gasteiger partial charge on any atom is 0.331 e. The second-order valence-corrected chi connectivity index (χ2v) is 10.4. The molecule has 2 heterocycles. The van der Waals surface area contributed by atoms with Crippen molar-refractivity contribution in [1.82, 2.24) is 5.32 Å². The van der Waals surface area contributed by atoms with E-state index in [4.69, 9.17) is 4.74 Å². The first-order valence-electron chi connectivity index (χ1n) is 11.9. The topological polar surface area (TPSA) is 95.9 Å². The van der Waals surface area contributed by atoms with Crippen LogP contribution in [0.2, 0.25) is 0 Å². The fraction of sp³-hybridized carbons (Fsp3) is 0.692. The minimum absolute atomic E-state index is 0.0200. The highest BCUT2D eigenvalue weighted by Gasteiger charge is 2.64. The van der Waals surface area contributed by atoms with Gasteiger partial charge in [0.2, 0.25) is 5.60 Å². The molecule has 178 valence electrons.